The largest absolute Gasteiger partial charge is 0.239 e. The molecular weight excluding hydrogens is 438 g/mol. The minimum atomic E-state index is -2.84. The van der Waals surface area contributed by atoms with Gasteiger partial charge >= 0.3 is 0 Å². The van der Waals surface area contributed by atoms with Gasteiger partial charge in [0.1, 0.15) is 15.9 Å². The molecular formula is C30H25OP2+. The van der Waals surface area contributed by atoms with Crippen molar-refractivity contribution in [1.82, 2.24) is 0 Å². The zero-order valence-electron chi connectivity index (χ0n) is 18.2. The van der Waals surface area contributed by atoms with Crippen LogP contribution in [0.2, 0.25) is 0 Å². The molecule has 0 spiro atoms. The molecule has 3 heteroatoms. The van der Waals surface area contributed by atoms with E-state index in [0.29, 0.717) is 0 Å². The van der Waals surface area contributed by atoms with E-state index in [-0.39, 0.29) is 0 Å². The number of hydrogen-bond donors (Lipinski definition) is 1. The van der Waals surface area contributed by atoms with Gasteiger partial charge in [-0.1, -0.05) is 109 Å². The van der Waals surface area contributed by atoms with Crippen molar-refractivity contribution in [3.63, 3.8) is 0 Å². The SMILES string of the molecule is O[P+](c1ccccc1)(c1ccccc1)c1ccccc1P(c1ccccc1)c1ccccc1. The molecule has 5 rings (SSSR count). The average molecular weight is 463 g/mol. The Morgan fingerprint density at radius 2 is 0.788 bits per heavy atom. The smallest absolute Gasteiger partial charge is 0.235 e. The summed E-state index contributed by atoms with van der Waals surface area (Å²) in [6.45, 7) is 0. The molecule has 33 heavy (non-hydrogen) atoms. The van der Waals surface area contributed by atoms with Crippen LogP contribution in [0.25, 0.3) is 0 Å². The summed E-state index contributed by atoms with van der Waals surface area (Å²) < 4.78 is 0. The molecule has 0 aliphatic carbocycles. The van der Waals surface area contributed by atoms with E-state index in [1.165, 1.54) is 15.9 Å². The molecule has 0 fully saturated rings. The monoisotopic (exact) mass is 463 g/mol. The lowest BCUT2D eigenvalue weighted by Crippen LogP contribution is -2.40. The highest BCUT2D eigenvalue weighted by atomic mass is 31.2. The molecule has 0 heterocycles. The Bertz CT molecular complexity index is 1230. The quantitative estimate of drug-likeness (QED) is 0.364. The van der Waals surface area contributed by atoms with E-state index in [1.54, 1.807) is 0 Å². The van der Waals surface area contributed by atoms with Gasteiger partial charge < -0.3 is 0 Å². The van der Waals surface area contributed by atoms with E-state index < -0.39 is 15.4 Å². The van der Waals surface area contributed by atoms with Crippen LogP contribution in [0, 0.1) is 0 Å². The second-order valence-corrected chi connectivity index (χ2v) is 12.8. The van der Waals surface area contributed by atoms with E-state index in [2.05, 4.69) is 109 Å². The minimum Gasteiger partial charge on any atom is -0.235 e. The summed E-state index contributed by atoms with van der Waals surface area (Å²) in [4.78, 5) is 12.7. The summed E-state index contributed by atoms with van der Waals surface area (Å²) in [5.41, 5.74) is 0. The van der Waals surface area contributed by atoms with Crippen LogP contribution in [-0.4, -0.2) is 4.89 Å². The molecule has 0 amide bonds. The van der Waals surface area contributed by atoms with Gasteiger partial charge in [-0.3, -0.25) is 0 Å². The third-order valence-corrected chi connectivity index (χ3v) is 11.6. The fraction of sp³-hybridized carbons (Fsp3) is 0. The molecule has 0 aliphatic rings. The first-order chi connectivity index (χ1) is 16.3. The van der Waals surface area contributed by atoms with Crippen LogP contribution in [-0.2, 0) is 0 Å². The van der Waals surface area contributed by atoms with E-state index in [9.17, 15) is 4.89 Å². The average Bonchev–Trinajstić information content (AvgIpc) is 2.91. The Morgan fingerprint density at radius 3 is 1.24 bits per heavy atom. The van der Waals surface area contributed by atoms with E-state index in [0.717, 1.165) is 15.9 Å². The normalized spacial score (nSPS) is 11.5. The summed E-state index contributed by atoms with van der Waals surface area (Å²) in [6.07, 6.45) is 0. The van der Waals surface area contributed by atoms with Crippen LogP contribution >= 0.6 is 15.4 Å². The third-order valence-electron chi connectivity index (χ3n) is 5.76. The number of rotatable bonds is 6. The maximum absolute atomic E-state index is 12.7. The van der Waals surface area contributed by atoms with Crippen LogP contribution in [0.15, 0.2) is 146 Å². The Morgan fingerprint density at radius 1 is 0.424 bits per heavy atom. The van der Waals surface area contributed by atoms with Gasteiger partial charge in [-0.05, 0) is 54.9 Å². The van der Waals surface area contributed by atoms with Crippen molar-refractivity contribution >= 4 is 47.2 Å². The predicted molar refractivity (Wildman–Crippen MR) is 146 cm³/mol. The molecule has 0 aromatic heterocycles. The summed E-state index contributed by atoms with van der Waals surface area (Å²) in [5.74, 6) is 0. The van der Waals surface area contributed by atoms with Gasteiger partial charge in [0, 0.05) is 5.30 Å². The summed E-state index contributed by atoms with van der Waals surface area (Å²) in [5, 5.41) is 6.73. The zero-order chi connectivity index (χ0) is 22.5. The first-order valence-corrected chi connectivity index (χ1v) is 14.1. The van der Waals surface area contributed by atoms with Crippen LogP contribution < -0.4 is 31.8 Å². The summed E-state index contributed by atoms with van der Waals surface area (Å²) in [6, 6.07) is 50.2. The van der Waals surface area contributed by atoms with Crippen molar-refractivity contribution in [2.75, 3.05) is 0 Å². The van der Waals surface area contributed by atoms with Crippen molar-refractivity contribution in [2.45, 2.75) is 0 Å². The van der Waals surface area contributed by atoms with Gasteiger partial charge in [-0.2, -0.15) is 0 Å². The van der Waals surface area contributed by atoms with Crippen molar-refractivity contribution in [2.24, 2.45) is 0 Å². The molecule has 160 valence electrons. The maximum atomic E-state index is 12.7. The molecule has 1 nitrogen and oxygen atoms in total. The highest BCUT2D eigenvalue weighted by Crippen LogP contribution is 2.52. The van der Waals surface area contributed by atoms with Gasteiger partial charge in [0.05, 0.1) is 0 Å². The number of benzene rings is 5. The lowest BCUT2D eigenvalue weighted by molar-refractivity contribution is 0.633. The lowest BCUT2D eigenvalue weighted by atomic mass is 10.3. The molecule has 0 radical (unpaired) electrons. The van der Waals surface area contributed by atoms with E-state index in [4.69, 9.17) is 0 Å². The second-order valence-electron chi connectivity index (χ2n) is 7.80. The van der Waals surface area contributed by atoms with Crippen LogP contribution in [0.1, 0.15) is 0 Å². The Labute approximate surface area is 197 Å². The molecule has 5 aromatic rings. The Balaban J connectivity index is 1.80. The lowest BCUT2D eigenvalue weighted by Gasteiger charge is -2.26. The van der Waals surface area contributed by atoms with Crippen molar-refractivity contribution in [1.29, 1.82) is 0 Å². The first-order valence-electron chi connectivity index (χ1n) is 11.0. The van der Waals surface area contributed by atoms with Crippen molar-refractivity contribution in [3.05, 3.63) is 146 Å². The fourth-order valence-electron chi connectivity index (χ4n) is 4.22. The van der Waals surface area contributed by atoms with E-state index in [1.807, 2.05) is 36.4 Å². The molecule has 0 saturated heterocycles. The van der Waals surface area contributed by atoms with Crippen molar-refractivity contribution in [3.8, 4) is 0 Å². The topological polar surface area (TPSA) is 20.2 Å². The van der Waals surface area contributed by atoms with E-state index >= 15 is 0 Å². The summed E-state index contributed by atoms with van der Waals surface area (Å²) in [7, 11) is -3.69. The zero-order valence-corrected chi connectivity index (χ0v) is 20.0. The molecule has 0 saturated carbocycles. The molecule has 0 bridgehead atoms. The minimum absolute atomic E-state index is 0.844. The second kappa shape index (κ2) is 9.82. The molecule has 5 aromatic carbocycles. The van der Waals surface area contributed by atoms with Gasteiger partial charge in [-0.15, -0.1) is 0 Å². The van der Waals surface area contributed by atoms with Gasteiger partial charge in [0.15, 0.2) is 0 Å². The standard InChI is InChI=1S/C30H25OP2/c31-33(27-19-9-3-10-20-27,28-21-11-4-12-22-28)30-24-14-13-23-29(30)32(25-15-5-1-6-16-25)26-17-7-2-8-18-26/h1-24,31H/q+1. The number of hydrogen-bond acceptors (Lipinski definition) is 1. The molecule has 0 unspecified atom stereocenters. The highest BCUT2D eigenvalue weighted by molar-refractivity contribution is 7.93. The Kier molecular flexibility index (Phi) is 6.47. The Hall–Kier alpha value is -3.08. The molecule has 0 atom stereocenters. The van der Waals surface area contributed by atoms with Crippen LogP contribution in [0.5, 0.6) is 0 Å². The predicted octanol–water partition coefficient (Wildman–Crippen LogP) is 4.65. The fourth-order valence-corrected chi connectivity index (χ4v) is 10.1. The molecule has 1 N–H and O–H groups in total. The maximum Gasteiger partial charge on any atom is 0.239 e. The summed E-state index contributed by atoms with van der Waals surface area (Å²) >= 11 is 0. The van der Waals surface area contributed by atoms with Crippen molar-refractivity contribution < 1.29 is 4.89 Å². The molecule has 0 aliphatic heterocycles. The van der Waals surface area contributed by atoms with Gasteiger partial charge in [0.2, 0.25) is 7.49 Å². The van der Waals surface area contributed by atoms with Crippen LogP contribution in [0.4, 0.5) is 0 Å². The van der Waals surface area contributed by atoms with Gasteiger partial charge in [0.25, 0.3) is 0 Å². The highest BCUT2D eigenvalue weighted by Gasteiger charge is 2.46. The van der Waals surface area contributed by atoms with Crippen LogP contribution in [0.3, 0.4) is 0 Å². The van der Waals surface area contributed by atoms with Gasteiger partial charge in [-0.25, -0.2) is 4.89 Å². The first kappa shape index (κ1) is 21.7. The third kappa shape index (κ3) is 4.29.